The molecule has 1 aromatic rings. The van der Waals surface area contributed by atoms with Gasteiger partial charge in [0.05, 0.1) is 13.2 Å². The SMILES string of the molecule is COc1cc(C)c2c(c1)CC[C@H]1[C@H]3CC[C@H](O)[C@@]3(C)CC[C@@H]21. The van der Waals surface area contributed by atoms with Gasteiger partial charge in [0.2, 0.25) is 0 Å². The Labute approximate surface area is 133 Å². The molecule has 1 N–H and O–H groups in total. The molecule has 0 saturated heterocycles. The largest absolute Gasteiger partial charge is 0.497 e. The second-order valence-electron chi connectivity index (χ2n) is 8.07. The summed E-state index contributed by atoms with van der Waals surface area (Å²) in [6.07, 6.45) is 7.06. The Bertz CT molecular complexity index is 594. The zero-order valence-corrected chi connectivity index (χ0v) is 14.1. The molecule has 0 aliphatic heterocycles. The molecule has 2 heteroatoms. The van der Waals surface area contributed by atoms with Crippen molar-refractivity contribution in [1.82, 2.24) is 0 Å². The third kappa shape index (κ3) is 1.89. The molecule has 0 spiro atoms. The minimum Gasteiger partial charge on any atom is -0.497 e. The fraction of sp³-hybridized carbons (Fsp3) is 0.700. The Morgan fingerprint density at radius 1 is 1.18 bits per heavy atom. The number of aliphatic hydroxyl groups excluding tert-OH is 1. The molecule has 2 saturated carbocycles. The van der Waals surface area contributed by atoms with E-state index in [-0.39, 0.29) is 11.5 Å². The summed E-state index contributed by atoms with van der Waals surface area (Å²) >= 11 is 0. The van der Waals surface area contributed by atoms with E-state index in [4.69, 9.17) is 4.74 Å². The van der Waals surface area contributed by atoms with Crippen LogP contribution in [0.25, 0.3) is 0 Å². The molecule has 4 rings (SSSR count). The van der Waals surface area contributed by atoms with Crippen LogP contribution in [0.5, 0.6) is 5.75 Å². The molecule has 2 fully saturated rings. The summed E-state index contributed by atoms with van der Waals surface area (Å²) in [6, 6.07) is 4.47. The predicted molar refractivity (Wildman–Crippen MR) is 88.4 cm³/mol. The maximum atomic E-state index is 10.5. The normalized spacial score (nSPS) is 39.8. The first-order chi connectivity index (χ1) is 10.5. The van der Waals surface area contributed by atoms with Crippen LogP contribution in [0.15, 0.2) is 12.1 Å². The Morgan fingerprint density at radius 2 is 2.00 bits per heavy atom. The standard InChI is InChI=1S/C20H28O2/c1-12-10-14(22-3)11-13-4-5-15-16(19(12)13)8-9-20(2)17(15)6-7-18(20)21/h10-11,15-18,21H,4-9H2,1-3H3/t15-,16-,17-,18+,20+/m1/s1. The van der Waals surface area contributed by atoms with Gasteiger partial charge in [-0.25, -0.2) is 0 Å². The molecule has 2 nitrogen and oxygen atoms in total. The van der Waals surface area contributed by atoms with Crippen LogP contribution < -0.4 is 4.74 Å². The molecule has 0 amide bonds. The highest BCUT2D eigenvalue weighted by atomic mass is 16.5. The van der Waals surface area contributed by atoms with Crippen LogP contribution >= 0.6 is 0 Å². The molecule has 1 aromatic carbocycles. The summed E-state index contributed by atoms with van der Waals surface area (Å²) < 4.78 is 5.46. The predicted octanol–water partition coefficient (Wildman–Crippen LogP) is 4.22. The highest BCUT2D eigenvalue weighted by Gasteiger charge is 2.54. The van der Waals surface area contributed by atoms with Gasteiger partial charge in [-0.2, -0.15) is 0 Å². The number of ether oxygens (including phenoxy) is 1. The van der Waals surface area contributed by atoms with Gasteiger partial charge >= 0.3 is 0 Å². The Hall–Kier alpha value is -1.02. The van der Waals surface area contributed by atoms with Gasteiger partial charge in [-0.1, -0.05) is 6.92 Å². The van der Waals surface area contributed by atoms with Crippen LogP contribution in [0, 0.1) is 24.2 Å². The Morgan fingerprint density at radius 3 is 2.77 bits per heavy atom. The van der Waals surface area contributed by atoms with Crippen molar-refractivity contribution >= 4 is 0 Å². The summed E-state index contributed by atoms with van der Waals surface area (Å²) in [5.41, 5.74) is 4.71. The van der Waals surface area contributed by atoms with Crippen molar-refractivity contribution in [2.75, 3.05) is 7.11 Å². The van der Waals surface area contributed by atoms with Gasteiger partial charge in [0, 0.05) is 0 Å². The summed E-state index contributed by atoms with van der Waals surface area (Å²) in [5, 5.41) is 10.5. The van der Waals surface area contributed by atoms with E-state index in [1.54, 1.807) is 12.7 Å². The van der Waals surface area contributed by atoms with E-state index in [1.807, 2.05) is 0 Å². The van der Waals surface area contributed by atoms with Gasteiger partial charge in [-0.3, -0.25) is 0 Å². The number of aliphatic hydroxyl groups is 1. The molecular weight excluding hydrogens is 272 g/mol. The van der Waals surface area contributed by atoms with Crippen molar-refractivity contribution in [3.63, 3.8) is 0 Å². The number of benzene rings is 1. The lowest BCUT2D eigenvalue weighted by atomic mass is 9.55. The van der Waals surface area contributed by atoms with E-state index < -0.39 is 0 Å². The van der Waals surface area contributed by atoms with Gasteiger partial charge in [0.1, 0.15) is 5.75 Å². The third-order valence-corrected chi connectivity index (χ3v) is 7.19. The Kier molecular flexibility index (Phi) is 3.30. The second kappa shape index (κ2) is 4.99. The molecule has 22 heavy (non-hydrogen) atoms. The number of fused-ring (bicyclic) bond motifs is 5. The number of hydrogen-bond acceptors (Lipinski definition) is 2. The van der Waals surface area contributed by atoms with Crippen LogP contribution in [0.4, 0.5) is 0 Å². The Balaban J connectivity index is 1.73. The van der Waals surface area contributed by atoms with E-state index in [0.29, 0.717) is 5.92 Å². The minimum absolute atomic E-state index is 0.0724. The molecule has 0 heterocycles. The summed E-state index contributed by atoms with van der Waals surface area (Å²) in [4.78, 5) is 0. The first kappa shape index (κ1) is 14.6. The van der Waals surface area contributed by atoms with Gasteiger partial charge < -0.3 is 9.84 Å². The van der Waals surface area contributed by atoms with Crippen molar-refractivity contribution in [2.24, 2.45) is 17.3 Å². The molecular formula is C20H28O2. The van der Waals surface area contributed by atoms with E-state index in [2.05, 4.69) is 26.0 Å². The number of methoxy groups -OCH3 is 1. The van der Waals surface area contributed by atoms with E-state index >= 15 is 0 Å². The highest BCUT2D eigenvalue weighted by molar-refractivity contribution is 5.46. The number of aryl methyl sites for hydroxylation is 2. The van der Waals surface area contributed by atoms with Crippen LogP contribution in [-0.4, -0.2) is 18.3 Å². The van der Waals surface area contributed by atoms with Gasteiger partial charge in [0.15, 0.2) is 0 Å². The van der Waals surface area contributed by atoms with Crippen LogP contribution in [-0.2, 0) is 6.42 Å². The smallest absolute Gasteiger partial charge is 0.119 e. The molecule has 120 valence electrons. The van der Waals surface area contributed by atoms with Crippen molar-refractivity contribution in [2.45, 2.75) is 64.4 Å². The monoisotopic (exact) mass is 300 g/mol. The van der Waals surface area contributed by atoms with Gasteiger partial charge in [-0.15, -0.1) is 0 Å². The lowest BCUT2D eigenvalue weighted by Gasteiger charge is -2.50. The fourth-order valence-corrected chi connectivity index (χ4v) is 6.03. The maximum absolute atomic E-state index is 10.5. The average molecular weight is 300 g/mol. The quantitative estimate of drug-likeness (QED) is 0.841. The summed E-state index contributed by atoms with van der Waals surface area (Å²) in [6.45, 7) is 4.60. The van der Waals surface area contributed by atoms with Crippen molar-refractivity contribution in [1.29, 1.82) is 0 Å². The molecule has 3 aliphatic rings. The van der Waals surface area contributed by atoms with Crippen molar-refractivity contribution < 1.29 is 9.84 Å². The van der Waals surface area contributed by atoms with Crippen molar-refractivity contribution in [3.05, 3.63) is 28.8 Å². The minimum atomic E-state index is -0.0724. The molecule has 0 radical (unpaired) electrons. The third-order valence-electron chi connectivity index (χ3n) is 7.19. The molecule has 0 unspecified atom stereocenters. The molecule has 5 atom stereocenters. The zero-order chi connectivity index (χ0) is 15.5. The lowest BCUT2D eigenvalue weighted by Crippen LogP contribution is -2.44. The second-order valence-corrected chi connectivity index (χ2v) is 8.07. The number of hydrogen-bond donors (Lipinski definition) is 1. The van der Waals surface area contributed by atoms with E-state index in [1.165, 1.54) is 43.2 Å². The number of rotatable bonds is 1. The summed E-state index contributed by atoms with van der Waals surface area (Å²) in [5.74, 6) is 3.20. The average Bonchev–Trinajstić information content (AvgIpc) is 2.82. The molecule has 0 aromatic heterocycles. The van der Waals surface area contributed by atoms with Crippen molar-refractivity contribution in [3.8, 4) is 5.75 Å². The maximum Gasteiger partial charge on any atom is 0.119 e. The molecule has 0 bridgehead atoms. The first-order valence-corrected chi connectivity index (χ1v) is 8.90. The van der Waals surface area contributed by atoms with Crippen LogP contribution in [0.3, 0.4) is 0 Å². The molecule has 3 aliphatic carbocycles. The van der Waals surface area contributed by atoms with Gasteiger partial charge in [0.25, 0.3) is 0 Å². The van der Waals surface area contributed by atoms with Gasteiger partial charge in [-0.05, 0) is 97.4 Å². The summed E-state index contributed by atoms with van der Waals surface area (Å²) in [7, 11) is 1.76. The van der Waals surface area contributed by atoms with E-state index in [9.17, 15) is 5.11 Å². The zero-order valence-electron chi connectivity index (χ0n) is 14.1. The topological polar surface area (TPSA) is 29.5 Å². The highest BCUT2D eigenvalue weighted by Crippen LogP contribution is 2.61. The van der Waals surface area contributed by atoms with E-state index in [0.717, 1.165) is 24.0 Å². The van der Waals surface area contributed by atoms with Crippen LogP contribution in [0.2, 0.25) is 0 Å². The van der Waals surface area contributed by atoms with Crippen LogP contribution in [0.1, 0.15) is 61.6 Å². The lowest BCUT2D eigenvalue weighted by molar-refractivity contribution is -0.0227. The first-order valence-electron chi connectivity index (χ1n) is 8.90. The fourth-order valence-electron chi connectivity index (χ4n) is 6.03.